The van der Waals surface area contributed by atoms with Gasteiger partial charge in [0.25, 0.3) is 0 Å². The van der Waals surface area contributed by atoms with Crippen molar-refractivity contribution in [3.8, 4) is 5.75 Å². The number of carboxylic acids is 1. The summed E-state index contributed by atoms with van der Waals surface area (Å²) >= 11 is 0. The Bertz CT molecular complexity index is 688. The van der Waals surface area contributed by atoms with Crippen LogP contribution in [0, 0.1) is 0 Å². The van der Waals surface area contributed by atoms with Gasteiger partial charge in [-0.2, -0.15) is 13.2 Å². The third kappa shape index (κ3) is 4.11. The number of halogens is 3. The van der Waals surface area contributed by atoms with Gasteiger partial charge in [-0.1, -0.05) is 55.5 Å². The predicted octanol–water partition coefficient (Wildman–Crippen LogP) is 4.36. The molecule has 0 spiro atoms. The fraction of sp³-hybridized carbons (Fsp3) is 0.278. The average Bonchev–Trinajstić information content (AvgIpc) is 2.59. The summed E-state index contributed by atoms with van der Waals surface area (Å²) in [6, 6.07) is 14.0. The molecule has 0 aromatic heterocycles. The smallest absolute Gasteiger partial charge is 0.460 e. The van der Waals surface area contributed by atoms with E-state index < -0.39 is 24.0 Å². The van der Waals surface area contributed by atoms with Crippen molar-refractivity contribution in [3.05, 3.63) is 66.2 Å². The van der Waals surface area contributed by atoms with Gasteiger partial charge in [0.05, 0.1) is 0 Å². The maximum absolute atomic E-state index is 14.1. The van der Waals surface area contributed by atoms with Crippen LogP contribution >= 0.6 is 0 Å². The van der Waals surface area contributed by atoms with E-state index in [2.05, 4.69) is 0 Å². The lowest BCUT2D eigenvalue weighted by Gasteiger charge is -2.37. The van der Waals surface area contributed by atoms with E-state index in [-0.39, 0.29) is 17.7 Å². The van der Waals surface area contributed by atoms with Crippen molar-refractivity contribution in [2.45, 2.75) is 31.4 Å². The highest BCUT2D eigenvalue weighted by molar-refractivity contribution is 5.72. The van der Waals surface area contributed by atoms with Gasteiger partial charge < -0.3 is 14.6 Å². The molecule has 0 aliphatic rings. The molecule has 2 rings (SSSR count). The molecule has 0 amide bonds. The molecule has 4 nitrogen and oxygen atoms in total. The molecule has 7 heteroatoms. The summed E-state index contributed by atoms with van der Waals surface area (Å²) in [6.45, 7) is 1.42. The van der Waals surface area contributed by atoms with E-state index in [0.717, 1.165) is 0 Å². The monoisotopic (exact) mass is 354 g/mol. The van der Waals surface area contributed by atoms with Crippen molar-refractivity contribution < 1.29 is 32.5 Å². The van der Waals surface area contributed by atoms with Crippen LogP contribution in [0.1, 0.15) is 18.9 Å². The van der Waals surface area contributed by atoms with Crippen molar-refractivity contribution in [3.63, 3.8) is 0 Å². The molecular formula is C18H17F3O4. The molecule has 2 aromatic carbocycles. The van der Waals surface area contributed by atoms with Crippen molar-refractivity contribution in [1.29, 1.82) is 0 Å². The van der Waals surface area contributed by atoms with E-state index in [1.807, 2.05) is 0 Å². The van der Waals surface area contributed by atoms with Crippen molar-refractivity contribution in [2.75, 3.05) is 0 Å². The van der Waals surface area contributed by atoms with E-state index in [0.29, 0.717) is 0 Å². The molecule has 0 fully saturated rings. The first-order chi connectivity index (χ1) is 11.8. The summed E-state index contributed by atoms with van der Waals surface area (Å²) < 4.78 is 52.5. The zero-order chi connectivity index (χ0) is 18.5. The number of rotatable bonds is 7. The van der Waals surface area contributed by atoms with Crippen LogP contribution in [-0.4, -0.2) is 23.4 Å². The fourth-order valence-electron chi connectivity index (χ4n) is 2.26. The van der Waals surface area contributed by atoms with E-state index >= 15 is 0 Å². The third-order valence-electron chi connectivity index (χ3n) is 3.49. The summed E-state index contributed by atoms with van der Waals surface area (Å²) in [4.78, 5) is 11.3. The number of ether oxygens (including phenoxy) is 2. The molecule has 0 bridgehead atoms. The highest BCUT2D eigenvalue weighted by atomic mass is 19.4. The van der Waals surface area contributed by atoms with Crippen LogP contribution in [-0.2, 0) is 15.3 Å². The minimum Gasteiger partial charge on any atom is -0.479 e. The Morgan fingerprint density at radius 2 is 1.56 bits per heavy atom. The van der Waals surface area contributed by atoms with Gasteiger partial charge in [0.15, 0.2) is 6.10 Å². The molecule has 25 heavy (non-hydrogen) atoms. The Kier molecular flexibility index (Phi) is 5.69. The minimum absolute atomic E-state index is 0.0936. The van der Waals surface area contributed by atoms with Crippen LogP contribution in [0.15, 0.2) is 60.7 Å². The summed E-state index contributed by atoms with van der Waals surface area (Å²) in [5, 5.41) is 9.17. The second-order valence-corrected chi connectivity index (χ2v) is 5.25. The number of aliphatic carboxylic acids is 1. The molecule has 134 valence electrons. The highest BCUT2D eigenvalue weighted by Crippen LogP contribution is 2.44. The molecule has 2 aromatic rings. The van der Waals surface area contributed by atoms with E-state index in [4.69, 9.17) is 14.6 Å². The number of benzene rings is 2. The number of carboxylic acid groups (broad SMARTS) is 1. The second-order valence-electron chi connectivity index (χ2n) is 5.25. The number of para-hydroxylation sites is 1. The molecule has 2 atom stereocenters. The van der Waals surface area contributed by atoms with Gasteiger partial charge in [-0.3, -0.25) is 0 Å². The zero-order valence-electron chi connectivity index (χ0n) is 13.4. The maximum atomic E-state index is 14.1. The Morgan fingerprint density at radius 1 is 1.04 bits per heavy atom. The van der Waals surface area contributed by atoms with Crippen molar-refractivity contribution >= 4 is 5.97 Å². The molecule has 0 saturated carbocycles. The van der Waals surface area contributed by atoms with Crippen molar-refractivity contribution in [2.24, 2.45) is 0 Å². The Balaban J connectivity index is 2.59. The molecule has 0 aliphatic carbocycles. The Labute approximate surface area is 142 Å². The largest absolute Gasteiger partial charge is 0.479 e. The zero-order valence-corrected chi connectivity index (χ0v) is 13.4. The van der Waals surface area contributed by atoms with E-state index in [1.165, 1.54) is 55.5 Å². The summed E-state index contributed by atoms with van der Waals surface area (Å²) in [5.74, 6) is -4.83. The van der Waals surface area contributed by atoms with Gasteiger partial charge in [-0.25, -0.2) is 4.79 Å². The lowest BCUT2D eigenvalue weighted by molar-refractivity contribution is -0.371. The maximum Gasteiger partial charge on any atom is 0.460 e. The Morgan fingerprint density at radius 3 is 2.00 bits per heavy atom. The lowest BCUT2D eigenvalue weighted by Crippen LogP contribution is -2.52. The molecule has 0 radical (unpaired) electrons. The SMILES string of the molecule is CCC(OC(Oc1ccccc1)(c1ccccc1)C(F)(F)F)C(=O)O. The summed E-state index contributed by atoms with van der Waals surface area (Å²) in [5.41, 5.74) is -0.342. The number of hydrogen-bond acceptors (Lipinski definition) is 3. The summed E-state index contributed by atoms with van der Waals surface area (Å²) in [7, 11) is 0. The molecule has 0 aliphatic heterocycles. The first kappa shape index (κ1) is 18.8. The molecule has 0 heterocycles. The Hall–Kier alpha value is -2.54. The number of carbonyl (C=O) groups is 1. The van der Waals surface area contributed by atoms with E-state index in [9.17, 15) is 18.0 Å². The minimum atomic E-state index is -5.02. The predicted molar refractivity (Wildman–Crippen MR) is 84.0 cm³/mol. The topological polar surface area (TPSA) is 55.8 Å². The average molecular weight is 354 g/mol. The van der Waals surface area contributed by atoms with Gasteiger partial charge >= 0.3 is 17.9 Å². The second kappa shape index (κ2) is 7.57. The van der Waals surface area contributed by atoms with Crippen LogP contribution in [0.5, 0.6) is 5.75 Å². The van der Waals surface area contributed by atoms with E-state index in [1.54, 1.807) is 12.1 Å². The standard InChI is InChI=1S/C18H17F3O4/c1-2-15(16(22)23)25-17(18(19,20)21,13-9-5-3-6-10-13)24-14-11-7-4-8-12-14/h3-12,15H,2H2,1H3,(H,22,23). The molecule has 1 N–H and O–H groups in total. The third-order valence-corrected chi connectivity index (χ3v) is 3.49. The van der Waals surface area contributed by atoms with Gasteiger partial charge in [-0.15, -0.1) is 0 Å². The lowest BCUT2D eigenvalue weighted by atomic mass is 10.0. The number of alkyl halides is 3. The summed E-state index contributed by atoms with van der Waals surface area (Å²) in [6.07, 6.45) is -6.86. The normalized spacial score (nSPS) is 15.2. The van der Waals surface area contributed by atoms with Gasteiger partial charge in [0.2, 0.25) is 0 Å². The highest BCUT2D eigenvalue weighted by Gasteiger charge is 2.62. The van der Waals surface area contributed by atoms with Gasteiger partial charge in [0.1, 0.15) is 5.75 Å². The fourth-order valence-corrected chi connectivity index (χ4v) is 2.26. The molecule has 2 unspecified atom stereocenters. The van der Waals surface area contributed by atoms with Crippen LogP contribution in [0.25, 0.3) is 0 Å². The first-order valence-electron chi connectivity index (χ1n) is 7.57. The first-order valence-corrected chi connectivity index (χ1v) is 7.57. The molecule has 0 saturated heterocycles. The number of hydrogen-bond donors (Lipinski definition) is 1. The van der Waals surface area contributed by atoms with Crippen LogP contribution in [0.2, 0.25) is 0 Å². The van der Waals surface area contributed by atoms with Crippen LogP contribution in [0.3, 0.4) is 0 Å². The van der Waals surface area contributed by atoms with Gasteiger partial charge in [0, 0.05) is 5.56 Å². The van der Waals surface area contributed by atoms with Crippen LogP contribution < -0.4 is 4.74 Å². The van der Waals surface area contributed by atoms with Gasteiger partial charge in [-0.05, 0) is 18.6 Å². The van der Waals surface area contributed by atoms with Crippen LogP contribution in [0.4, 0.5) is 13.2 Å². The molecular weight excluding hydrogens is 337 g/mol. The quantitative estimate of drug-likeness (QED) is 0.751. The van der Waals surface area contributed by atoms with Crippen molar-refractivity contribution in [1.82, 2.24) is 0 Å².